The monoisotopic (exact) mass is 385 g/mol. The van der Waals surface area contributed by atoms with Crippen molar-refractivity contribution in [2.75, 3.05) is 0 Å². The first-order valence-corrected chi connectivity index (χ1v) is 6.05. The molecular weight excluding hydrogens is 380 g/mol. The predicted molar refractivity (Wildman–Crippen MR) is 67.3 cm³/mol. The molecule has 0 saturated carbocycles. The maximum absolute atomic E-state index is 13.6. The van der Waals surface area contributed by atoms with Crippen LogP contribution in [0.25, 0.3) is 11.3 Å². The van der Waals surface area contributed by atoms with E-state index in [0.717, 1.165) is 12.1 Å². The van der Waals surface area contributed by atoms with Crippen molar-refractivity contribution in [3.05, 3.63) is 51.2 Å². The van der Waals surface area contributed by atoms with Crippen LogP contribution in [-0.4, -0.2) is 4.98 Å². The Bertz CT molecular complexity index is 624. The number of rotatable bonds is 1. The van der Waals surface area contributed by atoms with E-state index in [-0.39, 0.29) is 14.8 Å². The van der Waals surface area contributed by atoms with E-state index in [1.165, 1.54) is 12.1 Å². The Morgan fingerprint density at radius 1 is 1.11 bits per heavy atom. The van der Waals surface area contributed by atoms with E-state index >= 15 is 0 Å². The third kappa shape index (κ3) is 2.85. The molecule has 1 aromatic heterocycles. The molecule has 1 nitrogen and oxygen atoms in total. The lowest BCUT2D eigenvalue weighted by molar-refractivity contribution is -0.137. The Kier molecular flexibility index (Phi) is 3.75. The molecule has 0 spiro atoms. The van der Waals surface area contributed by atoms with E-state index in [4.69, 9.17) is 0 Å². The summed E-state index contributed by atoms with van der Waals surface area (Å²) in [4.78, 5) is 3.58. The summed E-state index contributed by atoms with van der Waals surface area (Å²) >= 11 is 1.61. The average molecular weight is 385 g/mol. The maximum Gasteiger partial charge on any atom is 0.417 e. The summed E-state index contributed by atoms with van der Waals surface area (Å²) in [6, 6.07) is 4.29. The van der Waals surface area contributed by atoms with Gasteiger partial charge in [-0.3, -0.25) is 4.98 Å². The quantitative estimate of drug-likeness (QED) is 0.515. The lowest BCUT2D eigenvalue weighted by Crippen LogP contribution is -2.07. The number of halogens is 6. The summed E-state index contributed by atoms with van der Waals surface area (Å²) < 4.78 is 64.1. The predicted octanol–water partition coefficient (Wildman–Crippen LogP) is 4.65. The molecule has 7 heteroatoms. The van der Waals surface area contributed by atoms with Crippen LogP contribution in [0.5, 0.6) is 0 Å². The fourth-order valence-corrected chi connectivity index (χ4v) is 2.24. The minimum Gasteiger partial charge on any atom is -0.254 e. The highest BCUT2D eigenvalue weighted by molar-refractivity contribution is 14.1. The molecule has 1 aromatic carbocycles. The van der Waals surface area contributed by atoms with Crippen molar-refractivity contribution in [2.24, 2.45) is 0 Å². The highest BCUT2D eigenvalue weighted by Gasteiger charge is 2.31. The van der Waals surface area contributed by atoms with Crippen LogP contribution >= 0.6 is 22.6 Å². The molecule has 0 radical (unpaired) electrons. The molecule has 0 aliphatic rings. The van der Waals surface area contributed by atoms with Crippen molar-refractivity contribution in [1.29, 1.82) is 0 Å². The third-order valence-electron chi connectivity index (χ3n) is 2.38. The fourth-order valence-electron chi connectivity index (χ4n) is 1.48. The van der Waals surface area contributed by atoms with Gasteiger partial charge in [0.1, 0.15) is 0 Å². The first-order chi connectivity index (χ1) is 8.80. The van der Waals surface area contributed by atoms with Gasteiger partial charge in [-0.25, -0.2) is 8.78 Å². The van der Waals surface area contributed by atoms with Crippen LogP contribution in [-0.2, 0) is 6.18 Å². The topological polar surface area (TPSA) is 12.9 Å². The molecule has 2 rings (SSSR count). The van der Waals surface area contributed by atoms with E-state index in [9.17, 15) is 22.0 Å². The summed E-state index contributed by atoms with van der Waals surface area (Å²) in [6.45, 7) is 0. The van der Waals surface area contributed by atoms with Gasteiger partial charge in [0.2, 0.25) is 0 Å². The van der Waals surface area contributed by atoms with Gasteiger partial charge in [-0.2, -0.15) is 13.2 Å². The molecule has 0 saturated heterocycles. The molecule has 100 valence electrons. The van der Waals surface area contributed by atoms with E-state index in [2.05, 4.69) is 4.98 Å². The molecule has 0 unspecified atom stereocenters. The zero-order valence-electron chi connectivity index (χ0n) is 9.10. The molecule has 1 heterocycles. The minimum absolute atomic E-state index is 0.0226. The van der Waals surface area contributed by atoms with Crippen molar-refractivity contribution in [2.45, 2.75) is 6.18 Å². The normalized spacial score (nSPS) is 11.7. The Morgan fingerprint density at radius 3 is 2.37 bits per heavy atom. The zero-order chi connectivity index (χ0) is 14.2. The van der Waals surface area contributed by atoms with Gasteiger partial charge < -0.3 is 0 Å². The van der Waals surface area contributed by atoms with E-state index in [1.807, 2.05) is 0 Å². The van der Waals surface area contributed by atoms with Crippen molar-refractivity contribution in [3.63, 3.8) is 0 Å². The number of nitrogens with zero attached hydrogens (tertiary/aromatic N) is 1. The molecule has 0 atom stereocenters. The summed E-state index contributed by atoms with van der Waals surface area (Å²) in [7, 11) is 0. The highest BCUT2D eigenvalue weighted by atomic mass is 127. The van der Waals surface area contributed by atoms with Crippen molar-refractivity contribution in [1.82, 2.24) is 4.98 Å². The first kappa shape index (κ1) is 14.2. The van der Waals surface area contributed by atoms with Crippen LogP contribution in [0.4, 0.5) is 22.0 Å². The first-order valence-electron chi connectivity index (χ1n) is 4.98. The number of benzene rings is 1. The SMILES string of the molecule is Fc1cccc(-c2ncc(C(F)(F)F)cc2I)c1F. The number of alkyl halides is 3. The molecule has 0 N–H and O–H groups in total. The lowest BCUT2D eigenvalue weighted by Gasteiger charge is -2.10. The minimum atomic E-state index is -4.52. The fraction of sp³-hybridized carbons (Fsp3) is 0.0833. The second kappa shape index (κ2) is 5.03. The third-order valence-corrected chi connectivity index (χ3v) is 3.20. The molecule has 0 aliphatic heterocycles. The molecule has 0 aliphatic carbocycles. The van der Waals surface area contributed by atoms with Gasteiger partial charge >= 0.3 is 6.18 Å². The van der Waals surface area contributed by atoms with Gasteiger partial charge in [0, 0.05) is 15.3 Å². The summed E-state index contributed by atoms with van der Waals surface area (Å²) in [5.74, 6) is -2.21. The average Bonchev–Trinajstić information content (AvgIpc) is 2.32. The summed E-state index contributed by atoms with van der Waals surface area (Å²) in [5.41, 5.74) is -1.12. The van der Waals surface area contributed by atoms with Crippen LogP contribution in [0, 0.1) is 15.2 Å². The van der Waals surface area contributed by atoms with Gasteiger partial charge in [0.15, 0.2) is 11.6 Å². The molecule has 2 aromatic rings. The van der Waals surface area contributed by atoms with Crippen LogP contribution in [0.1, 0.15) is 5.56 Å². The second-order valence-electron chi connectivity index (χ2n) is 3.65. The smallest absolute Gasteiger partial charge is 0.254 e. The Labute approximate surface area is 118 Å². The van der Waals surface area contributed by atoms with Gasteiger partial charge in [-0.15, -0.1) is 0 Å². The van der Waals surface area contributed by atoms with Crippen molar-refractivity contribution < 1.29 is 22.0 Å². The molecule has 0 bridgehead atoms. The van der Waals surface area contributed by atoms with Crippen LogP contribution in [0.15, 0.2) is 30.5 Å². The van der Waals surface area contributed by atoms with E-state index in [1.54, 1.807) is 22.6 Å². The lowest BCUT2D eigenvalue weighted by atomic mass is 10.1. The molecule has 19 heavy (non-hydrogen) atoms. The van der Waals surface area contributed by atoms with Gasteiger partial charge in [0.25, 0.3) is 0 Å². The number of pyridine rings is 1. The van der Waals surface area contributed by atoms with Gasteiger partial charge in [-0.05, 0) is 40.8 Å². The largest absolute Gasteiger partial charge is 0.417 e. The van der Waals surface area contributed by atoms with E-state index in [0.29, 0.717) is 6.20 Å². The Balaban J connectivity index is 2.56. The number of hydrogen-bond donors (Lipinski definition) is 0. The van der Waals surface area contributed by atoms with Crippen molar-refractivity contribution in [3.8, 4) is 11.3 Å². The van der Waals surface area contributed by atoms with Gasteiger partial charge in [0.05, 0.1) is 11.3 Å². The molecular formula is C12H5F5IN. The summed E-state index contributed by atoms with van der Waals surface area (Å²) in [6.07, 6.45) is -3.92. The van der Waals surface area contributed by atoms with Crippen LogP contribution < -0.4 is 0 Å². The van der Waals surface area contributed by atoms with E-state index < -0.39 is 23.4 Å². The zero-order valence-corrected chi connectivity index (χ0v) is 11.3. The van der Waals surface area contributed by atoms with Crippen LogP contribution in [0.3, 0.4) is 0 Å². The number of aromatic nitrogens is 1. The number of hydrogen-bond acceptors (Lipinski definition) is 1. The standard InChI is InChI=1S/C12H5F5IN/c13-8-3-1-2-7(10(8)14)11-9(18)4-6(5-19-11)12(15,16)17/h1-5H. The molecule has 0 amide bonds. The summed E-state index contributed by atoms with van der Waals surface area (Å²) in [5, 5.41) is 0. The Morgan fingerprint density at radius 2 is 1.79 bits per heavy atom. The van der Waals surface area contributed by atoms with Crippen LogP contribution in [0.2, 0.25) is 0 Å². The second-order valence-corrected chi connectivity index (χ2v) is 4.82. The Hall–Kier alpha value is -1.25. The van der Waals surface area contributed by atoms with Gasteiger partial charge in [-0.1, -0.05) is 6.07 Å². The van der Waals surface area contributed by atoms with Crippen molar-refractivity contribution >= 4 is 22.6 Å². The molecule has 0 fully saturated rings. The maximum atomic E-state index is 13.6. The highest BCUT2D eigenvalue weighted by Crippen LogP contribution is 2.33.